The van der Waals surface area contributed by atoms with Gasteiger partial charge in [-0.05, 0) is 18.2 Å². The standard InChI is InChI=1S/C16H14Cl2N2O3/c1-22-12-6-11(7-13(8-12)23-2)16(21)20-19-9-10-4-3-5-14(17)15(10)18/h3-9H,1-2H3,(H,20,21)/b19-9-. The monoisotopic (exact) mass is 352 g/mol. The second kappa shape index (κ2) is 7.85. The Kier molecular flexibility index (Phi) is 5.84. The highest BCUT2D eigenvalue weighted by atomic mass is 35.5. The number of nitrogens with zero attached hydrogens (tertiary/aromatic N) is 1. The molecule has 0 radical (unpaired) electrons. The molecule has 0 atom stereocenters. The van der Waals surface area contributed by atoms with Gasteiger partial charge in [0.25, 0.3) is 5.91 Å². The molecule has 2 aromatic carbocycles. The number of rotatable bonds is 5. The van der Waals surface area contributed by atoms with E-state index in [0.717, 1.165) is 0 Å². The SMILES string of the molecule is COc1cc(OC)cc(C(=O)N/N=C\c2cccc(Cl)c2Cl)c1. The highest BCUT2D eigenvalue weighted by molar-refractivity contribution is 6.43. The van der Waals surface area contributed by atoms with Crippen LogP contribution in [-0.2, 0) is 0 Å². The molecule has 0 aromatic heterocycles. The predicted octanol–water partition coefficient (Wildman–Crippen LogP) is 3.77. The van der Waals surface area contributed by atoms with Crippen molar-refractivity contribution in [3.8, 4) is 11.5 Å². The fraction of sp³-hybridized carbons (Fsp3) is 0.125. The molecule has 120 valence electrons. The summed E-state index contributed by atoms with van der Waals surface area (Å²) >= 11 is 11.9. The van der Waals surface area contributed by atoms with Crippen LogP contribution < -0.4 is 14.9 Å². The molecule has 0 heterocycles. The summed E-state index contributed by atoms with van der Waals surface area (Å²) in [7, 11) is 3.02. The van der Waals surface area contributed by atoms with Gasteiger partial charge in [0.05, 0.1) is 30.5 Å². The van der Waals surface area contributed by atoms with Crippen molar-refractivity contribution in [3.63, 3.8) is 0 Å². The Labute approximate surface area is 143 Å². The van der Waals surface area contributed by atoms with E-state index >= 15 is 0 Å². The number of hydrogen-bond donors (Lipinski definition) is 1. The lowest BCUT2D eigenvalue weighted by atomic mass is 10.2. The van der Waals surface area contributed by atoms with Crippen molar-refractivity contribution in [3.05, 3.63) is 57.6 Å². The zero-order valence-corrected chi connectivity index (χ0v) is 14.0. The fourth-order valence-electron chi connectivity index (χ4n) is 1.78. The van der Waals surface area contributed by atoms with Gasteiger partial charge >= 0.3 is 0 Å². The Morgan fingerprint density at radius 3 is 2.39 bits per heavy atom. The summed E-state index contributed by atoms with van der Waals surface area (Å²) < 4.78 is 10.2. The summed E-state index contributed by atoms with van der Waals surface area (Å²) in [5.74, 6) is 0.615. The van der Waals surface area contributed by atoms with E-state index in [0.29, 0.717) is 32.7 Å². The number of benzene rings is 2. The number of hydrazone groups is 1. The molecule has 7 heteroatoms. The maximum atomic E-state index is 12.1. The first kappa shape index (κ1) is 17.1. The molecule has 5 nitrogen and oxygen atoms in total. The van der Waals surface area contributed by atoms with Crippen LogP contribution in [0.3, 0.4) is 0 Å². The second-order valence-corrected chi connectivity index (χ2v) is 5.23. The van der Waals surface area contributed by atoms with Crippen molar-refractivity contribution in [1.29, 1.82) is 0 Å². The topological polar surface area (TPSA) is 59.9 Å². The summed E-state index contributed by atoms with van der Waals surface area (Å²) in [6.07, 6.45) is 1.42. The van der Waals surface area contributed by atoms with Crippen LogP contribution in [-0.4, -0.2) is 26.3 Å². The lowest BCUT2D eigenvalue weighted by Crippen LogP contribution is -2.17. The molecule has 0 saturated carbocycles. The molecular formula is C16H14Cl2N2O3. The van der Waals surface area contributed by atoms with Crippen LogP contribution >= 0.6 is 23.2 Å². The summed E-state index contributed by atoms with van der Waals surface area (Å²) in [6, 6.07) is 9.98. The van der Waals surface area contributed by atoms with Gasteiger partial charge in [0.15, 0.2) is 0 Å². The largest absolute Gasteiger partial charge is 0.497 e. The first-order chi connectivity index (χ1) is 11.0. The van der Waals surface area contributed by atoms with Gasteiger partial charge in [-0.25, -0.2) is 5.43 Å². The third kappa shape index (κ3) is 4.37. The molecule has 1 N–H and O–H groups in total. The van der Waals surface area contributed by atoms with Crippen LogP contribution in [0.1, 0.15) is 15.9 Å². The van der Waals surface area contributed by atoms with Gasteiger partial charge in [-0.3, -0.25) is 4.79 Å². The van der Waals surface area contributed by atoms with Gasteiger partial charge in [-0.2, -0.15) is 5.10 Å². The first-order valence-electron chi connectivity index (χ1n) is 6.55. The number of hydrogen-bond acceptors (Lipinski definition) is 4. The Hall–Kier alpha value is -2.24. The van der Waals surface area contributed by atoms with E-state index in [9.17, 15) is 4.79 Å². The van der Waals surface area contributed by atoms with Crippen LogP contribution in [0, 0.1) is 0 Å². The fourth-order valence-corrected chi connectivity index (χ4v) is 2.14. The van der Waals surface area contributed by atoms with Crippen LogP contribution in [0.2, 0.25) is 10.0 Å². The summed E-state index contributed by atoms with van der Waals surface area (Å²) in [5.41, 5.74) is 3.37. The third-order valence-electron chi connectivity index (χ3n) is 2.96. The minimum absolute atomic E-state index is 0.357. The number of carbonyl (C=O) groups excluding carboxylic acids is 1. The molecule has 0 aliphatic rings. The van der Waals surface area contributed by atoms with Gasteiger partial charge in [0.2, 0.25) is 0 Å². The number of amides is 1. The lowest BCUT2D eigenvalue weighted by Gasteiger charge is -2.07. The normalized spacial score (nSPS) is 10.6. The van der Waals surface area contributed by atoms with Crippen molar-refractivity contribution in [1.82, 2.24) is 5.43 Å². The molecule has 0 aliphatic heterocycles. The number of methoxy groups -OCH3 is 2. The van der Waals surface area contributed by atoms with Crippen LogP contribution in [0.5, 0.6) is 11.5 Å². The second-order valence-electron chi connectivity index (χ2n) is 4.44. The van der Waals surface area contributed by atoms with Crippen molar-refractivity contribution < 1.29 is 14.3 Å². The third-order valence-corrected chi connectivity index (χ3v) is 3.80. The molecule has 0 saturated heterocycles. The summed E-state index contributed by atoms with van der Waals surface area (Å²) in [6.45, 7) is 0. The van der Waals surface area contributed by atoms with Crippen molar-refractivity contribution in [2.75, 3.05) is 14.2 Å². The number of halogens is 2. The van der Waals surface area contributed by atoms with Gasteiger partial charge in [0, 0.05) is 17.2 Å². The van der Waals surface area contributed by atoms with Crippen molar-refractivity contribution in [2.24, 2.45) is 5.10 Å². The quantitative estimate of drug-likeness (QED) is 0.658. The van der Waals surface area contributed by atoms with Crippen LogP contribution in [0.25, 0.3) is 0 Å². The molecule has 2 aromatic rings. The lowest BCUT2D eigenvalue weighted by molar-refractivity contribution is 0.0954. The molecule has 2 rings (SSSR count). The highest BCUT2D eigenvalue weighted by Crippen LogP contribution is 2.24. The molecule has 0 spiro atoms. The number of carbonyl (C=O) groups is 1. The van der Waals surface area contributed by atoms with E-state index in [1.807, 2.05) is 0 Å². The summed E-state index contributed by atoms with van der Waals surface area (Å²) in [4.78, 5) is 12.1. The van der Waals surface area contributed by atoms with Crippen molar-refractivity contribution in [2.45, 2.75) is 0 Å². The van der Waals surface area contributed by atoms with E-state index in [1.54, 1.807) is 36.4 Å². The number of ether oxygens (including phenoxy) is 2. The van der Waals surface area contributed by atoms with Gasteiger partial charge < -0.3 is 9.47 Å². The molecule has 0 aliphatic carbocycles. The van der Waals surface area contributed by atoms with Gasteiger partial charge in [-0.1, -0.05) is 35.3 Å². The van der Waals surface area contributed by atoms with Gasteiger partial charge in [-0.15, -0.1) is 0 Å². The van der Waals surface area contributed by atoms with E-state index in [4.69, 9.17) is 32.7 Å². The Morgan fingerprint density at radius 1 is 1.13 bits per heavy atom. The average molecular weight is 353 g/mol. The number of nitrogens with one attached hydrogen (secondary N) is 1. The van der Waals surface area contributed by atoms with E-state index in [2.05, 4.69) is 10.5 Å². The minimum Gasteiger partial charge on any atom is -0.497 e. The molecule has 0 fully saturated rings. The first-order valence-corrected chi connectivity index (χ1v) is 7.31. The Morgan fingerprint density at radius 2 is 1.78 bits per heavy atom. The maximum Gasteiger partial charge on any atom is 0.271 e. The average Bonchev–Trinajstić information content (AvgIpc) is 2.57. The highest BCUT2D eigenvalue weighted by Gasteiger charge is 2.09. The molecule has 23 heavy (non-hydrogen) atoms. The van der Waals surface area contributed by atoms with E-state index < -0.39 is 5.91 Å². The Bertz CT molecular complexity index is 726. The smallest absolute Gasteiger partial charge is 0.271 e. The zero-order chi connectivity index (χ0) is 16.8. The molecule has 0 bridgehead atoms. The van der Waals surface area contributed by atoms with Crippen LogP contribution in [0.15, 0.2) is 41.5 Å². The van der Waals surface area contributed by atoms with Crippen molar-refractivity contribution >= 4 is 35.3 Å². The Balaban J connectivity index is 2.13. The van der Waals surface area contributed by atoms with Crippen LogP contribution in [0.4, 0.5) is 0 Å². The van der Waals surface area contributed by atoms with E-state index in [1.165, 1.54) is 20.4 Å². The summed E-state index contributed by atoms with van der Waals surface area (Å²) in [5, 5.41) is 4.67. The molecule has 0 unspecified atom stereocenters. The molecular weight excluding hydrogens is 339 g/mol. The zero-order valence-electron chi connectivity index (χ0n) is 12.5. The van der Waals surface area contributed by atoms with E-state index in [-0.39, 0.29) is 0 Å². The molecule has 1 amide bonds. The minimum atomic E-state index is -0.406. The van der Waals surface area contributed by atoms with Gasteiger partial charge in [0.1, 0.15) is 11.5 Å². The maximum absolute atomic E-state index is 12.1. The predicted molar refractivity (Wildman–Crippen MR) is 91.1 cm³/mol.